The first-order valence-corrected chi connectivity index (χ1v) is 6.94. The maximum atomic E-state index is 11.7. The van der Waals surface area contributed by atoms with E-state index in [1.54, 1.807) is 6.07 Å². The van der Waals surface area contributed by atoms with Crippen LogP contribution in [-0.4, -0.2) is 28.5 Å². The molecule has 0 bridgehead atoms. The van der Waals surface area contributed by atoms with Crippen LogP contribution in [0.3, 0.4) is 0 Å². The molecule has 0 spiro atoms. The summed E-state index contributed by atoms with van der Waals surface area (Å²) in [6, 6.07) is 1.56. The van der Waals surface area contributed by atoms with Gasteiger partial charge >= 0.3 is 5.97 Å². The Labute approximate surface area is 120 Å². The summed E-state index contributed by atoms with van der Waals surface area (Å²) in [7, 11) is 0. The number of aromatic carboxylic acids is 1. The molecule has 2 aromatic heterocycles. The van der Waals surface area contributed by atoms with E-state index in [0.29, 0.717) is 28.2 Å². The minimum Gasteiger partial charge on any atom is -0.476 e. The third-order valence-electron chi connectivity index (χ3n) is 2.26. The molecule has 0 aliphatic heterocycles. The van der Waals surface area contributed by atoms with Gasteiger partial charge in [-0.3, -0.25) is 4.79 Å². The highest BCUT2D eigenvalue weighted by Gasteiger charge is 2.12. The Hall–Kier alpha value is -1.67. The van der Waals surface area contributed by atoms with Gasteiger partial charge in [0.05, 0.1) is 16.8 Å². The van der Waals surface area contributed by atoms with Crippen LogP contribution in [0.25, 0.3) is 0 Å². The van der Waals surface area contributed by atoms with Crippen molar-refractivity contribution in [2.75, 3.05) is 6.54 Å². The summed E-state index contributed by atoms with van der Waals surface area (Å²) in [5.41, 5.74) is 0.453. The van der Waals surface area contributed by atoms with E-state index in [0.717, 1.165) is 0 Å². The normalized spacial score (nSPS) is 10.4. The van der Waals surface area contributed by atoms with Gasteiger partial charge in [-0.15, -0.1) is 11.3 Å². The molecule has 8 heteroatoms. The van der Waals surface area contributed by atoms with Crippen LogP contribution in [0.2, 0.25) is 0 Å². The highest BCUT2D eigenvalue weighted by atomic mass is 79.9. The van der Waals surface area contributed by atoms with E-state index in [-0.39, 0.29) is 11.6 Å². The molecule has 19 heavy (non-hydrogen) atoms. The van der Waals surface area contributed by atoms with Crippen LogP contribution in [0.15, 0.2) is 26.8 Å². The number of aromatic nitrogens is 1. The molecular weight excluding hydrogens is 336 g/mol. The summed E-state index contributed by atoms with van der Waals surface area (Å²) in [5.74, 6) is -1.30. The first-order valence-electron chi connectivity index (χ1n) is 5.27. The number of halogens is 1. The first kappa shape index (κ1) is 13.8. The largest absolute Gasteiger partial charge is 0.476 e. The van der Waals surface area contributed by atoms with Crippen LogP contribution in [0, 0.1) is 0 Å². The standard InChI is InChI=1S/C11H9BrN2O4S/c12-9-6(2-4-18-9)10(15)13-3-1-8-14-7(5-19-8)11(16)17/h2,4-5H,1,3H2,(H,13,15)(H,16,17). The van der Waals surface area contributed by atoms with Crippen LogP contribution in [0.1, 0.15) is 25.9 Å². The fourth-order valence-corrected chi connectivity index (χ4v) is 2.55. The van der Waals surface area contributed by atoms with Crippen molar-refractivity contribution in [1.82, 2.24) is 10.3 Å². The van der Waals surface area contributed by atoms with Gasteiger partial charge in [0.1, 0.15) is 0 Å². The number of carboxylic acid groups (broad SMARTS) is 1. The second kappa shape index (κ2) is 5.98. The van der Waals surface area contributed by atoms with Gasteiger partial charge in [0.25, 0.3) is 5.91 Å². The minimum atomic E-state index is -1.05. The van der Waals surface area contributed by atoms with Crippen molar-refractivity contribution in [3.63, 3.8) is 0 Å². The Morgan fingerprint density at radius 2 is 2.32 bits per heavy atom. The quantitative estimate of drug-likeness (QED) is 0.866. The average Bonchev–Trinajstić information content (AvgIpc) is 2.97. The predicted molar refractivity (Wildman–Crippen MR) is 71.5 cm³/mol. The molecule has 6 nitrogen and oxygen atoms in total. The van der Waals surface area contributed by atoms with Crippen molar-refractivity contribution in [3.8, 4) is 0 Å². The van der Waals surface area contributed by atoms with Crippen molar-refractivity contribution in [1.29, 1.82) is 0 Å². The van der Waals surface area contributed by atoms with Gasteiger partial charge in [-0.2, -0.15) is 0 Å². The van der Waals surface area contributed by atoms with Gasteiger partial charge in [-0.25, -0.2) is 9.78 Å². The number of amides is 1. The number of nitrogens with one attached hydrogen (secondary N) is 1. The predicted octanol–water partition coefficient (Wildman–Crippen LogP) is 2.17. The number of carboxylic acids is 1. The van der Waals surface area contributed by atoms with E-state index in [9.17, 15) is 9.59 Å². The number of thiazole rings is 1. The fraction of sp³-hybridized carbons (Fsp3) is 0.182. The summed E-state index contributed by atoms with van der Waals surface area (Å²) in [6.45, 7) is 0.378. The number of rotatable bonds is 5. The number of hydrogen-bond donors (Lipinski definition) is 2. The van der Waals surface area contributed by atoms with Gasteiger partial charge in [0.15, 0.2) is 10.4 Å². The van der Waals surface area contributed by atoms with E-state index in [2.05, 4.69) is 26.2 Å². The lowest BCUT2D eigenvalue weighted by molar-refractivity contribution is 0.0690. The van der Waals surface area contributed by atoms with E-state index in [4.69, 9.17) is 9.52 Å². The number of hydrogen-bond acceptors (Lipinski definition) is 5. The summed E-state index contributed by atoms with van der Waals surface area (Å²) < 4.78 is 5.34. The van der Waals surface area contributed by atoms with Gasteiger partial charge in [-0.05, 0) is 22.0 Å². The fourth-order valence-electron chi connectivity index (χ4n) is 1.36. The highest BCUT2D eigenvalue weighted by molar-refractivity contribution is 9.10. The van der Waals surface area contributed by atoms with Crippen LogP contribution in [0.5, 0.6) is 0 Å². The lowest BCUT2D eigenvalue weighted by Gasteiger charge is -2.01. The van der Waals surface area contributed by atoms with Crippen LogP contribution >= 0.6 is 27.3 Å². The summed E-state index contributed by atoms with van der Waals surface area (Å²) in [5, 5.41) is 13.6. The van der Waals surface area contributed by atoms with Gasteiger partial charge in [0, 0.05) is 18.3 Å². The monoisotopic (exact) mass is 344 g/mol. The van der Waals surface area contributed by atoms with E-state index in [1.807, 2.05) is 0 Å². The molecule has 100 valence electrons. The van der Waals surface area contributed by atoms with Crippen molar-refractivity contribution in [3.05, 3.63) is 38.6 Å². The zero-order chi connectivity index (χ0) is 13.8. The molecule has 2 rings (SSSR count). The lowest BCUT2D eigenvalue weighted by Crippen LogP contribution is -2.25. The molecule has 0 saturated carbocycles. The molecule has 0 radical (unpaired) electrons. The Kier molecular flexibility index (Phi) is 4.33. The molecule has 0 aromatic carbocycles. The topological polar surface area (TPSA) is 92.4 Å². The molecule has 2 heterocycles. The third kappa shape index (κ3) is 3.42. The van der Waals surface area contributed by atoms with Gasteiger partial charge in [-0.1, -0.05) is 0 Å². The molecule has 0 unspecified atom stereocenters. The number of carbonyl (C=O) groups is 2. The Morgan fingerprint density at radius 1 is 1.53 bits per heavy atom. The van der Waals surface area contributed by atoms with Crippen molar-refractivity contribution < 1.29 is 19.1 Å². The second-order valence-corrected chi connectivity index (χ2v) is 5.21. The molecule has 0 saturated heterocycles. The molecule has 0 aliphatic rings. The summed E-state index contributed by atoms with van der Waals surface area (Å²) in [4.78, 5) is 26.3. The molecular formula is C11H9BrN2O4S. The zero-order valence-corrected chi connectivity index (χ0v) is 12.0. The summed E-state index contributed by atoms with van der Waals surface area (Å²) in [6.07, 6.45) is 1.90. The molecule has 2 aromatic rings. The molecule has 2 N–H and O–H groups in total. The van der Waals surface area contributed by atoms with Crippen LogP contribution in [0.4, 0.5) is 0 Å². The van der Waals surface area contributed by atoms with Crippen molar-refractivity contribution >= 4 is 39.1 Å². The molecule has 1 amide bonds. The molecule has 0 aliphatic carbocycles. The molecule has 0 atom stereocenters. The van der Waals surface area contributed by atoms with Gasteiger partial charge < -0.3 is 14.8 Å². The second-order valence-electron chi connectivity index (χ2n) is 3.55. The Morgan fingerprint density at radius 3 is 2.89 bits per heavy atom. The van der Waals surface area contributed by atoms with Crippen molar-refractivity contribution in [2.45, 2.75) is 6.42 Å². The van der Waals surface area contributed by atoms with E-state index >= 15 is 0 Å². The first-order chi connectivity index (χ1) is 9.08. The van der Waals surface area contributed by atoms with Gasteiger partial charge in [0.2, 0.25) is 0 Å². The maximum absolute atomic E-state index is 11.7. The van der Waals surface area contributed by atoms with Crippen LogP contribution < -0.4 is 5.32 Å². The van der Waals surface area contributed by atoms with Crippen LogP contribution in [-0.2, 0) is 6.42 Å². The Bertz CT molecular complexity index is 607. The van der Waals surface area contributed by atoms with E-state index in [1.165, 1.54) is 23.0 Å². The Balaban J connectivity index is 1.85. The third-order valence-corrected chi connectivity index (χ3v) is 3.78. The smallest absolute Gasteiger partial charge is 0.355 e. The van der Waals surface area contributed by atoms with Crippen molar-refractivity contribution in [2.24, 2.45) is 0 Å². The molecule has 0 fully saturated rings. The summed E-state index contributed by atoms with van der Waals surface area (Å²) >= 11 is 4.38. The number of furan rings is 1. The van der Waals surface area contributed by atoms with E-state index < -0.39 is 5.97 Å². The zero-order valence-electron chi connectivity index (χ0n) is 9.55. The minimum absolute atomic E-state index is 0.0314. The maximum Gasteiger partial charge on any atom is 0.355 e. The lowest BCUT2D eigenvalue weighted by atomic mass is 10.3. The highest BCUT2D eigenvalue weighted by Crippen LogP contribution is 2.17. The average molecular weight is 345 g/mol. The SMILES string of the molecule is O=C(O)c1csc(CCNC(=O)c2ccoc2Br)n1. The number of nitrogens with zero attached hydrogens (tertiary/aromatic N) is 1. The number of carbonyl (C=O) groups excluding carboxylic acids is 1.